The lowest BCUT2D eigenvalue weighted by Gasteiger charge is -2.02. The van der Waals surface area contributed by atoms with Gasteiger partial charge in [0.05, 0.1) is 5.02 Å². The summed E-state index contributed by atoms with van der Waals surface area (Å²) in [5.41, 5.74) is 1.38. The van der Waals surface area contributed by atoms with Crippen molar-refractivity contribution in [3.05, 3.63) is 67.6 Å². The molecule has 1 aromatic heterocycles. The molecular weight excluding hydrogens is 391 g/mol. The molecule has 2 aromatic carbocycles. The van der Waals surface area contributed by atoms with E-state index in [4.69, 9.17) is 11.6 Å². The summed E-state index contributed by atoms with van der Waals surface area (Å²) in [5.74, 6) is 0.0238. The minimum atomic E-state index is 0.0238. The third kappa shape index (κ3) is 2.42. The van der Waals surface area contributed by atoms with Crippen molar-refractivity contribution in [3.63, 3.8) is 0 Å². The number of hydrogen-bond donors (Lipinski definition) is 0. The Morgan fingerprint density at radius 1 is 1.16 bits per heavy atom. The summed E-state index contributed by atoms with van der Waals surface area (Å²) in [6.07, 6.45) is 0. The fourth-order valence-electron chi connectivity index (χ4n) is 1.95. The zero-order valence-electron chi connectivity index (χ0n) is 9.69. The van der Waals surface area contributed by atoms with E-state index in [1.165, 1.54) is 0 Å². The molecule has 4 heteroatoms. The van der Waals surface area contributed by atoms with Crippen molar-refractivity contribution in [1.29, 1.82) is 0 Å². The number of carbonyl (C=O) groups is 1. The number of hydrogen-bond acceptors (Lipinski definition) is 2. The summed E-state index contributed by atoms with van der Waals surface area (Å²) >= 11 is 9.82. The highest BCUT2D eigenvalue weighted by Crippen LogP contribution is 2.28. The second kappa shape index (κ2) is 5.23. The standard InChI is InChI=1S/C15H8ClIOS/c16-12-7-9(5-6-13(12)17)15(18)11-8-19-14-4-2-1-3-10(11)14/h1-8H. The van der Waals surface area contributed by atoms with Gasteiger partial charge in [-0.1, -0.05) is 29.8 Å². The number of carbonyl (C=O) groups excluding carboxylic acids is 1. The molecule has 0 aliphatic heterocycles. The topological polar surface area (TPSA) is 17.1 Å². The minimum absolute atomic E-state index is 0.0238. The van der Waals surface area contributed by atoms with Crippen LogP contribution in [0.5, 0.6) is 0 Å². The monoisotopic (exact) mass is 398 g/mol. The van der Waals surface area contributed by atoms with Gasteiger partial charge in [0.25, 0.3) is 0 Å². The molecule has 0 aliphatic carbocycles. The third-order valence-corrected chi connectivity index (χ3v) is 5.44. The van der Waals surface area contributed by atoms with Gasteiger partial charge in [-0.05, 0) is 46.9 Å². The second-order valence-corrected chi connectivity index (χ2v) is 6.58. The highest BCUT2D eigenvalue weighted by atomic mass is 127. The fraction of sp³-hybridized carbons (Fsp3) is 0. The predicted molar refractivity (Wildman–Crippen MR) is 89.4 cm³/mol. The van der Waals surface area contributed by atoms with Gasteiger partial charge in [0, 0.05) is 30.2 Å². The van der Waals surface area contributed by atoms with Gasteiger partial charge in [-0.2, -0.15) is 0 Å². The van der Waals surface area contributed by atoms with E-state index in [9.17, 15) is 4.79 Å². The van der Waals surface area contributed by atoms with Crippen LogP contribution in [-0.4, -0.2) is 5.78 Å². The summed E-state index contributed by atoms with van der Waals surface area (Å²) in [6.45, 7) is 0. The van der Waals surface area contributed by atoms with E-state index < -0.39 is 0 Å². The van der Waals surface area contributed by atoms with Crippen LogP contribution in [0.2, 0.25) is 5.02 Å². The first-order valence-corrected chi connectivity index (χ1v) is 7.96. The SMILES string of the molecule is O=C(c1ccc(I)c(Cl)c1)c1csc2ccccc12. The summed E-state index contributed by atoms with van der Waals surface area (Å²) in [4.78, 5) is 12.5. The van der Waals surface area contributed by atoms with Crippen molar-refractivity contribution in [2.75, 3.05) is 0 Å². The van der Waals surface area contributed by atoms with E-state index >= 15 is 0 Å². The van der Waals surface area contributed by atoms with Gasteiger partial charge in [0.15, 0.2) is 5.78 Å². The van der Waals surface area contributed by atoms with Gasteiger partial charge in [0.1, 0.15) is 0 Å². The summed E-state index contributed by atoms with van der Waals surface area (Å²) in [5, 5.41) is 3.54. The van der Waals surface area contributed by atoms with Crippen molar-refractivity contribution >= 4 is 61.4 Å². The van der Waals surface area contributed by atoms with Gasteiger partial charge >= 0.3 is 0 Å². The molecular formula is C15H8ClIOS. The molecule has 3 aromatic rings. The lowest BCUT2D eigenvalue weighted by molar-refractivity contribution is 0.104. The van der Waals surface area contributed by atoms with E-state index in [1.54, 1.807) is 17.4 Å². The van der Waals surface area contributed by atoms with E-state index in [0.717, 1.165) is 19.2 Å². The van der Waals surface area contributed by atoms with Crippen LogP contribution < -0.4 is 0 Å². The maximum Gasteiger partial charge on any atom is 0.194 e. The number of halogens is 2. The molecule has 1 nitrogen and oxygen atoms in total. The van der Waals surface area contributed by atoms with Gasteiger partial charge in [0.2, 0.25) is 0 Å². The molecule has 94 valence electrons. The Bertz CT molecular complexity index is 779. The predicted octanol–water partition coefficient (Wildman–Crippen LogP) is 5.39. The molecule has 0 spiro atoms. The van der Waals surface area contributed by atoms with E-state index in [2.05, 4.69) is 22.6 Å². The first kappa shape index (κ1) is 13.1. The molecule has 0 saturated carbocycles. The minimum Gasteiger partial charge on any atom is -0.289 e. The quantitative estimate of drug-likeness (QED) is 0.418. The lowest BCUT2D eigenvalue weighted by Crippen LogP contribution is -2.00. The summed E-state index contributed by atoms with van der Waals surface area (Å²) in [7, 11) is 0. The highest BCUT2D eigenvalue weighted by molar-refractivity contribution is 14.1. The van der Waals surface area contributed by atoms with Crippen LogP contribution in [-0.2, 0) is 0 Å². The molecule has 0 N–H and O–H groups in total. The van der Waals surface area contributed by atoms with Crippen LogP contribution in [0.3, 0.4) is 0 Å². The van der Waals surface area contributed by atoms with Crippen LogP contribution in [0.15, 0.2) is 47.8 Å². The molecule has 0 radical (unpaired) electrons. The Morgan fingerprint density at radius 3 is 2.74 bits per heavy atom. The molecule has 0 atom stereocenters. The number of benzene rings is 2. The maximum atomic E-state index is 12.5. The van der Waals surface area contributed by atoms with Crippen molar-refractivity contribution in [2.45, 2.75) is 0 Å². The van der Waals surface area contributed by atoms with E-state index in [-0.39, 0.29) is 5.78 Å². The van der Waals surface area contributed by atoms with E-state index in [1.807, 2.05) is 41.8 Å². The molecule has 1 heterocycles. The van der Waals surface area contributed by atoms with Crippen LogP contribution in [0.4, 0.5) is 0 Å². The first-order chi connectivity index (χ1) is 9.16. The Kier molecular flexibility index (Phi) is 3.60. The number of thiophene rings is 1. The lowest BCUT2D eigenvalue weighted by atomic mass is 10.0. The summed E-state index contributed by atoms with van der Waals surface area (Å²) < 4.78 is 2.08. The second-order valence-electron chi connectivity index (χ2n) is 4.10. The zero-order chi connectivity index (χ0) is 13.4. The molecule has 19 heavy (non-hydrogen) atoms. The van der Waals surface area contributed by atoms with Crippen LogP contribution >= 0.6 is 45.5 Å². The van der Waals surface area contributed by atoms with Gasteiger partial charge < -0.3 is 0 Å². The van der Waals surface area contributed by atoms with Gasteiger partial charge in [-0.25, -0.2) is 0 Å². The largest absolute Gasteiger partial charge is 0.289 e. The van der Waals surface area contributed by atoms with Crippen molar-refractivity contribution in [3.8, 4) is 0 Å². The molecule has 0 saturated heterocycles. The maximum absolute atomic E-state index is 12.5. The molecule has 0 unspecified atom stereocenters. The number of ketones is 1. The van der Waals surface area contributed by atoms with Crippen LogP contribution in [0.1, 0.15) is 15.9 Å². The van der Waals surface area contributed by atoms with Crippen LogP contribution in [0.25, 0.3) is 10.1 Å². The van der Waals surface area contributed by atoms with Crippen molar-refractivity contribution in [1.82, 2.24) is 0 Å². The van der Waals surface area contributed by atoms with Gasteiger partial charge in [-0.3, -0.25) is 4.79 Å². The number of rotatable bonds is 2. The fourth-order valence-corrected chi connectivity index (χ4v) is 3.40. The molecule has 0 aliphatic rings. The molecule has 0 fully saturated rings. The van der Waals surface area contributed by atoms with E-state index in [0.29, 0.717) is 10.6 Å². The normalized spacial score (nSPS) is 10.8. The smallest absolute Gasteiger partial charge is 0.194 e. The average molecular weight is 399 g/mol. The van der Waals surface area contributed by atoms with Crippen LogP contribution in [0, 0.1) is 3.57 Å². The zero-order valence-corrected chi connectivity index (χ0v) is 13.4. The molecule has 3 rings (SSSR count). The average Bonchev–Trinajstić information content (AvgIpc) is 2.85. The number of fused-ring (bicyclic) bond motifs is 1. The molecule has 0 amide bonds. The molecule has 0 bridgehead atoms. The summed E-state index contributed by atoms with van der Waals surface area (Å²) in [6, 6.07) is 13.4. The first-order valence-electron chi connectivity index (χ1n) is 5.63. The van der Waals surface area contributed by atoms with Gasteiger partial charge in [-0.15, -0.1) is 11.3 Å². The highest BCUT2D eigenvalue weighted by Gasteiger charge is 2.14. The Labute approximate surface area is 133 Å². The van der Waals surface area contributed by atoms with Crippen molar-refractivity contribution < 1.29 is 4.79 Å². The third-order valence-electron chi connectivity index (χ3n) is 2.91. The Balaban J connectivity index is 2.11. The Morgan fingerprint density at radius 2 is 1.95 bits per heavy atom. The van der Waals surface area contributed by atoms with Crippen molar-refractivity contribution in [2.24, 2.45) is 0 Å². The Hall–Kier alpha value is -0.910.